The molecule has 0 aliphatic carbocycles. The van der Waals surface area contributed by atoms with Crippen LogP contribution in [-0.2, 0) is 4.79 Å². The predicted octanol–water partition coefficient (Wildman–Crippen LogP) is 4.62. The number of rotatable bonds is 8. The number of benzene rings is 3. The second kappa shape index (κ2) is 11.9. The smallest absolute Gasteiger partial charge is 0.353 e. The van der Waals surface area contributed by atoms with Crippen LogP contribution in [-0.4, -0.2) is 30.8 Å². The van der Waals surface area contributed by atoms with Gasteiger partial charge in [-0.2, -0.15) is 5.10 Å². The third-order valence-corrected chi connectivity index (χ3v) is 6.28. The Morgan fingerprint density at radius 1 is 0.872 bits per heavy atom. The summed E-state index contributed by atoms with van der Waals surface area (Å²) in [7, 11) is 0. The van der Waals surface area contributed by atoms with Gasteiger partial charge in [-0.1, -0.05) is 30.3 Å². The van der Waals surface area contributed by atoms with Crippen molar-refractivity contribution in [2.24, 2.45) is 5.10 Å². The van der Waals surface area contributed by atoms with Gasteiger partial charge >= 0.3 is 5.97 Å². The largest absolute Gasteiger partial charge is 0.454 e. The molecule has 4 aromatic rings. The van der Waals surface area contributed by atoms with Crippen LogP contribution in [0.2, 0.25) is 0 Å². The second-order valence-corrected chi connectivity index (χ2v) is 9.07. The number of ether oxygens (including phenoxy) is 3. The summed E-state index contributed by atoms with van der Waals surface area (Å²) in [4.78, 5) is 38.4. The minimum atomic E-state index is -0.630. The van der Waals surface area contributed by atoms with Gasteiger partial charge in [0, 0.05) is 5.56 Å². The molecule has 194 valence electrons. The quantitative estimate of drug-likeness (QED) is 0.111. The lowest BCUT2D eigenvalue weighted by Crippen LogP contribution is -2.32. The van der Waals surface area contributed by atoms with Crippen molar-refractivity contribution in [1.29, 1.82) is 0 Å². The van der Waals surface area contributed by atoms with E-state index in [0.29, 0.717) is 38.8 Å². The third kappa shape index (κ3) is 6.56. The highest BCUT2D eigenvalue weighted by molar-refractivity contribution is 7.12. The van der Waals surface area contributed by atoms with Crippen molar-refractivity contribution in [3.05, 3.63) is 118 Å². The molecule has 10 heteroatoms. The first-order chi connectivity index (χ1) is 19.0. The number of fused-ring (bicyclic) bond motifs is 1. The van der Waals surface area contributed by atoms with Gasteiger partial charge < -0.3 is 19.5 Å². The molecule has 2 heterocycles. The number of thiophene rings is 1. The number of amides is 2. The molecule has 2 amide bonds. The van der Waals surface area contributed by atoms with Gasteiger partial charge in [0.15, 0.2) is 11.5 Å². The number of nitrogens with zero attached hydrogens (tertiary/aromatic N) is 1. The molecule has 1 aliphatic rings. The Morgan fingerprint density at radius 3 is 2.41 bits per heavy atom. The third-order valence-electron chi connectivity index (χ3n) is 5.43. The van der Waals surface area contributed by atoms with E-state index in [0.717, 1.165) is 0 Å². The van der Waals surface area contributed by atoms with Gasteiger partial charge in [-0.3, -0.25) is 9.59 Å². The summed E-state index contributed by atoms with van der Waals surface area (Å²) in [5.41, 5.74) is 4.08. The summed E-state index contributed by atoms with van der Waals surface area (Å²) in [5.74, 6) is 0.0121. The molecule has 0 saturated heterocycles. The molecule has 0 bridgehead atoms. The molecule has 0 saturated carbocycles. The van der Waals surface area contributed by atoms with Gasteiger partial charge in [-0.05, 0) is 77.2 Å². The summed E-state index contributed by atoms with van der Waals surface area (Å²) in [5, 5.41) is 8.46. The first-order valence-electron chi connectivity index (χ1n) is 11.7. The minimum absolute atomic E-state index is 0.0179. The van der Waals surface area contributed by atoms with E-state index in [-0.39, 0.29) is 12.5 Å². The van der Waals surface area contributed by atoms with Crippen molar-refractivity contribution >= 4 is 41.4 Å². The maximum absolute atomic E-state index is 13.0. The maximum atomic E-state index is 13.0. The maximum Gasteiger partial charge on any atom is 0.353 e. The summed E-state index contributed by atoms with van der Waals surface area (Å²) in [6.07, 6.45) is 2.95. The van der Waals surface area contributed by atoms with Crippen LogP contribution in [0, 0.1) is 0 Å². The molecule has 0 atom stereocenters. The van der Waals surface area contributed by atoms with E-state index in [4.69, 9.17) is 14.2 Å². The van der Waals surface area contributed by atoms with Crippen molar-refractivity contribution in [1.82, 2.24) is 10.7 Å². The fourth-order valence-corrected chi connectivity index (χ4v) is 4.11. The lowest BCUT2D eigenvalue weighted by Gasteiger charge is -2.09. The molecule has 0 radical (unpaired) electrons. The van der Waals surface area contributed by atoms with Crippen molar-refractivity contribution in [2.75, 3.05) is 6.79 Å². The van der Waals surface area contributed by atoms with Gasteiger partial charge in [0.2, 0.25) is 6.79 Å². The van der Waals surface area contributed by atoms with Crippen LogP contribution in [0.4, 0.5) is 0 Å². The van der Waals surface area contributed by atoms with Gasteiger partial charge in [-0.15, -0.1) is 11.3 Å². The standard InChI is InChI=1S/C29H21N3O6S/c33-27(21-5-2-1-3-6-21)31-23(15-20-10-13-24-25(16-20)37-18-36-24)28(34)32-30-17-19-8-11-22(12-9-19)38-29(35)26-7-4-14-39-26/h1-17H,18H2,(H,31,33)(H,32,34). The highest BCUT2D eigenvalue weighted by Crippen LogP contribution is 2.33. The van der Waals surface area contributed by atoms with Crippen LogP contribution in [0.3, 0.4) is 0 Å². The normalized spacial score (nSPS) is 12.3. The monoisotopic (exact) mass is 539 g/mol. The van der Waals surface area contributed by atoms with E-state index < -0.39 is 17.8 Å². The molecule has 2 N–H and O–H groups in total. The lowest BCUT2D eigenvalue weighted by molar-refractivity contribution is -0.117. The van der Waals surface area contributed by atoms with Gasteiger partial charge in [0.1, 0.15) is 16.3 Å². The van der Waals surface area contributed by atoms with E-state index in [1.807, 2.05) is 0 Å². The number of carbonyl (C=O) groups is 3. The second-order valence-electron chi connectivity index (χ2n) is 8.13. The van der Waals surface area contributed by atoms with Gasteiger partial charge in [0.25, 0.3) is 11.8 Å². The fourth-order valence-electron chi connectivity index (χ4n) is 3.51. The molecular formula is C29H21N3O6S. The summed E-state index contributed by atoms with van der Waals surface area (Å²) in [6.45, 7) is 0.118. The SMILES string of the molecule is O=C(NN=Cc1ccc(OC(=O)c2cccs2)cc1)C(=Cc1ccc2c(c1)OCO2)NC(=O)c1ccccc1. The zero-order valence-electron chi connectivity index (χ0n) is 20.3. The van der Waals surface area contributed by atoms with Crippen LogP contribution in [0.1, 0.15) is 31.2 Å². The number of hydrazone groups is 1. The average Bonchev–Trinajstić information content (AvgIpc) is 3.66. The highest BCUT2D eigenvalue weighted by Gasteiger charge is 2.17. The Hall–Kier alpha value is -5.22. The van der Waals surface area contributed by atoms with Gasteiger partial charge in [0.05, 0.1) is 6.21 Å². The summed E-state index contributed by atoms with van der Waals surface area (Å²) >= 11 is 1.30. The van der Waals surface area contributed by atoms with E-state index in [2.05, 4.69) is 15.8 Å². The molecule has 0 fully saturated rings. The molecule has 0 spiro atoms. The van der Waals surface area contributed by atoms with Crippen molar-refractivity contribution in [2.45, 2.75) is 0 Å². The first kappa shape index (κ1) is 25.4. The highest BCUT2D eigenvalue weighted by atomic mass is 32.1. The summed E-state index contributed by atoms with van der Waals surface area (Å²) < 4.78 is 16.1. The Morgan fingerprint density at radius 2 is 1.64 bits per heavy atom. The zero-order valence-corrected chi connectivity index (χ0v) is 21.1. The van der Waals surface area contributed by atoms with Gasteiger partial charge in [-0.25, -0.2) is 10.2 Å². The zero-order chi connectivity index (χ0) is 27.0. The van der Waals surface area contributed by atoms with E-state index in [1.54, 1.807) is 90.3 Å². The molecule has 3 aromatic carbocycles. The topological polar surface area (TPSA) is 115 Å². The number of hydrogen-bond acceptors (Lipinski definition) is 8. The number of esters is 1. The van der Waals surface area contributed by atoms with Crippen LogP contribution in [0.5, 0.6) is 17.2 Å². The predicted molar refractivity (Wildman–Crippen MR) is 146 cm³/mol. The first-order valence-corrected chi connectivity index (χ1v) is 12.6. The van der Waals surface area contributed by atoms with Crippen molar-refractivity contribution in [3.63, 3.8) is 0 Å². The summed E-state index contributed by atoms with van der Waals surface area (Å²) in [6, 6.07) is 23.8. The molecule has 0 unspecified atom stereocenters. The van der Waals surface area contributed by atoms with Crippen LogP contribution >= 0.6 is 11.3 Å². The minimum Gasteiger partial charge on any atom is -0.454 e. The van der Waals surface area contributed by atoms with Crippen LogP contribution in [0.15, 0.2) is 101 Å². The molecule has 1 aromatic heterocycles. The average molecular weight is 540 g/mol. The lowest BCUT2D eigenvalue weighted by atomic mass is 10.1. The van der Waals surface area contributed by atoms with Crippen LogP contribution < -0.4 is 25.0 Å². The Bertz CT molecular complexity index is 1550. The van der Waals surface area contributed by atoms with E-state index in [1.165, 1.54) is 23.6 Å². The molecular weight excluding hydrogens is 518 g/mol. The number of hydrogen-bond donors (Lipinski definition) is 2. The number of carbonyl (C=O) groups excluding carboxylic acids is 3. The Kier molecular flexibility index (Phi) is 7.75. The molecule has 39 heavy (non-hydrogen) atoms. The Balaban J connectivity index is 1.27. The fraction of sp³-hybridized carbons (Fsp3) is 0.0345. The number of nitrogens with one attached hydrogen (secondary N) is 2. The molecule has 1 aliphatic heterocycles. The molecule has 5 rings (SSSR count). The van der Waals surface area contributed by atoms with Crippen LogP contribution in [0.25, 0.3) is 6.08 Å². The van der Waals surface area contributed by atoms with Crippen molar-refractivity contribution < 1.29 is 28.6 Å². The van der Waals surface area contributed by atoms with E-state index >= 15 is 0 Å². The molecule has 9 nitrogen and oxygen atoms in total. The van der Waals surface area contributed by atoms with E-state index in [9.17, 15) is 14.4 Å². The van der Waals surface area contributed by atoms with Crippen molar-refractivity contribution in [3.8, 4) is 17.2 Å². The Labute approximate surface area is 227 Å².